The minimum absolute atomic E-state index is 0.210. The molecule has 0 unspecified atom stereocenters. The van der Waals surface area contributed by atoms with Gasteiger partial charge in [0.15, 0.2) is 0 Å². The summed E-state index contributed by atoms with van der Waals surface area (Å²) in [6, 6.07) is 8.41. The van der Waals surface area contributed by atoms with Crippen LogP contribution in [0.1, 0.15) is 24.4 Å². The van der Waals surface area contributed by atoms with Gasteiger partial charge in [-0.05, 0) is 37.1 Å². The first-order chi connectivity index (χ1) is 6.77. The second-order valence-corrected chi connectivity index (χ2v) is 4.23. The highest BCUT2D eigenvalue weighted by Crippen LogP contribution is 2.24. The molecular formula is C11H15ClN2. The molecule has 1 aromatic rings. The van der Waals surface area contributed by atoms with Gasteiger partial charge in [0.2, 0.25) is 0 Å². The quantitative estimate of drug-likeness (QED) is 0.745. The molecule has 0 radical (unpaired) electrons. The molecular weight excluding hydrogens is 196 g/mol. The molecule has 76 valence electrons. The summed E-state index contributed by atoms with van der Waals surface area (Å²) in [5, 5.41) is 4.21. The lowest BCUT2D eigenvalue weighted by molar-refractivity contribution is 0.358. The number of nitrogens with one attached hydrogen (secondary N) is 1. The Morgan fingerprint density at radius 2 is 2.29 bits per heavy atom. The van der Waals surface area contributed by atoms with E-state index in [2.05, 4.69) is 11.4 Å². The van der Waals surface area contributed by atoms with E-state index in [0.29, 0.717) is 0 Å². The smallest absolute Gasteiger partial charge is 0.0474 e. The van der Waals surface area contributed by atoms with E-state index in [1.807, 2.05) is 18.2 Å². The maximum atomic E-state index is 6.06. The summed E-state index contributed by atoms with van der Waals surface area (Å²) >= 11 is 5.94. The van der Waals surface area contributed by atoms with Gasteiger partial charge in [0.05, 0.1) is 0 Å². The van der Waals surface area contributed by atoms with Gasteiger partial charge in [0.1, 0.15) is 0 Å². The van der Waals surface area contributed by atoms with E-state index in [9.17, 15) is 0 Å². The van der Waals surface area contributed by atoms with Gasteiger partial charge in [-0.3, -0.25) is 0 Å². The maximum absolute atomic E-state index is 6.06. The van der Waals surface area contributed by atoms with E-state index in [-0.39, 0.29) is 12.1 Å². The van der Waals surface area contributed by atoms with Gasteiger partial charge in [-0.25, -0.2) is 0 Å². The number of rotatable bonds is 1. The second-order valence-electron chi connectivity index (χ2n) is 3.79. The molecule has 0 aromatic heterocycles. The highest BCUT2D eigenvalue weighted by atomic mass is 35.5. The van der Waals surface area contributed by atoms with E-state index in [1.54, 1.807) is 0 Å². The third-order valence-electron chi connectivity index (χ3n) is 2.71. The van der Waals surface area contributed by atoms with Crippen LogP contribution in [0.5, 0.6) is 0 Å². The fraction of sp³-hybridized carbons (Fsp3) is 0.455. The first-order valence-corrected chi connectivity index (χ1v) is 5.39. The van der Waals surface area contributed by atoms with Gasteiger partial charge < -0.3 is 11.1 Å². The highest BCUT2D eigenvalue weighted by Gasteiger charge is 2.22. The van der Waals surface area contributed by atoms with Gasteiger partial charge in [-0.1, -0.05) is 23.7 Å². The summed E-state index contributed by atoms with van der Waals surface area (Å²) in [7, 11) is 0. The molecule has 1 aromatic carbocycles. The summed E-state index contributed by atoms with van der Waals surface area (Å²) < 4.78 is 0. The molecule has 3 N–H and O–H groups in total. The van der Waals surface area contributed by atoms with Crippen LogP contribution in [0.15, 0.2) is 24.3 Å². The third kappa shape index (κ3) is 2.08. The Morgan fingerprint density at radius 3 is 3.00 bits per heavy atom. The van der Waals surface area contributed by atoms with E-state index in [4.69, 9.17) is 17.3 Å². The molecule has 1 saturated heterocycles. The molecule has 0 saturated carbocycles. The van der Waals surface area contributed by atoms with Crippen LogP contribution < -0.4 is 11.1 Å². The topological polar surface area (TPSA) is 38.0 Å². The molecule has 0 aliphatic carbocycles. The van der Waals surface area contributed by atoms with E-state index in [1.165, 1.54) is 5.56 Å². The third-order valence-corrected chi connectivity index (χ3v) is 2.95. The molecule has 0 amide bonds. The van der Waals surface area contributed by atoms with E-state index < -0.39 is 0 Å². The Kier molecular flexibility index (Phi) is 3.06. The molecule has 2 rings (SSSR count). The standard InChI is InChI=1S/C11H15ClN2/c12-9-4-1-3-8(7-9)11-10(13)5-2-6-14-11/h1,3-4,7,10-11,14H,2,5-6,13H2/t10-,11-/m1/s1. The van der Waals surface area contributed by atoms with Gasteiger partial charge >= 0.3 is 0 Å². The lowest BCUT2D eigenvalue weighted by atomic mass is 9.93. The van der Waals surface area contributed by atoms with E-state index >= 15 is 0 Å². The van der Waals surface area contributed by atoms with Crippen molar-refractivity contribution in [3.63, 3.8) is 0 Å². The molecule has 1 heterocycles. The molecule has 2 nitrogen and oxygen atoms in total. The Morgan fingerprint density at radius 1 is 1.43 bits per heavy atom. The Balaban J connectivity index is 2.20. The van der Waals surface area contributed by atoms with Crippen LogP contribution in [0.25, 0.3) is 0 Å². The number of piperidine rings is 1. The van der Waals surface area contributed by atoms with Crippen LogP contribution in [-0.4, -0.2) is 12.6 Å². The average Bonchev–Trinajstić information content (AvgIpc) is 2.18. The summed E-state index contributed by atoms with van der Waals surface area (Å²) in [5.74, 6) is 0. The van der Waals surface area contributed by atoms with Gasteiger partial charge in [0.25, 0.3) is 0 Å². The van der Waals surface area contributed by atoms with Crippen molar-refractivity contribution in [2.45, 2.75) is 24.9 Å². The molecule has 14 heavy (non-hydrogen) atoms. The molecule has 0 spiro atoms. The molecule has 1 fully saturated rings. The van der Waals surface area contributed by atoms with Crippen LogP contribution in [0, 0.1) is 0 Å². The Hall–Kier alpha value is -0.570. The zero-order valence-corrected chi connectivity index (χ0v) is 8.80. The fourth-order valence-electron chi connectivity index (χ4n) is 1.98. The van der Waals surface area contributed by atoms with E-state index in [0.717, 1.165) is 24.4 Å². The van der Waals surface area contributed by atoms with Gasteiger partial charge in [-0.2, -0.15) is 0 Å². The van der Waals surface area contributed by atoms with Gasteiger partial charge in [0, 0.05) is 17.1 Å². The molecule has 0 bridgehead atoms. The molecule has 1 aliphatic heterocycles. The van der Waals surface area contributed by atoms with Gasteiger partial charge in [-0.15, -0.1) is 0 Å². The van der Waals surface area contributed by atoms with Crippen molar-refractivity contribution in [1.82, 2.24) is 5.32 Å². The lowest BCUT2D eigenvalue weighted by Gasteiger charge is -2.30. The van der Waals surface area contributed by atoms with Crippen molar-refractivity contribution in [2.24, 2.45) is 5.73 Å². The number of halogens is 1. The number of hydrogen-bond donors (Lipinski definition) is 2. The summed E-state index contributed by atoms with van der Waals surface area (Å²) in [4.78, 5) is 0. The zero-order valence-electron chi connectivity index (χ0n) is 8.04. The summed E-state index contributed by atoms with van der Waals surface area (Å²) in [5.41, 5.74) is 7.25. The SMILES string of the molecule is N[C@@H]1CCCN[C@@H]1c1cccc(Cl)c1. The van der Waals surface area contributed by atoms with Crippen LogP contribution >= 0.6 is 11.6 Å². The van der Waals surface area contributed by atoms with Crippen LogP contribution in [0.4, 0.5) is 0 Å². The highest BCUT2D eigenvalue weighted by molar-refractivity contribution is 6.30. The minimum Gasteiger partial charge on any atom is -0.326 e. The van der Waals surface area contributed by atoms with Crippen molar-refractivity contribution in [3.8, 4) is 0 Å². The number of nitrogens with two attached hydrogens (primary N) is 1. The normalized spacial score (nSPS) is 27.6. The van der Waals surface area contributed by atoms with Crippen molar-refractivity contribution >= 4 is 11.6 Å². The Labute approximate surface area is 89.4 Å². The monoisotopic (exact) mass is 210 g/mol. The van der Waals surface area contributed by atoms with Crippen molar-refractivity contribution in [3.05, 3.63) is 34.9 Å². The summed E-state index contributed by atoms with van der Waals surface area (Å²) in [6.07, 6.45) is 2.25. The van der Waals surface area contributed by atoms with Crippen molar-refractivity contribution < 1.29 is 0 Å². The molecule has 3 heteroatoms. The van der Waals surface area contributed by atoms with Crippen molar-refractivity contribution in [1.29, 1.82) is 0 Å². The first-order valence-electron chi connectivity index (χ1n) is 5.02. The largest absolute Gasteiger partial charge is 0.326 e. The predicted octanol–water partition coefficient (Wildman–Crippen LogP) is 2.09. The predicted molar refractivity (Wildman–Crippen MR) is 59.4 cm³/mol. The van der Waals surface area contributed by atoms with Crippen LogP contribution in [0.3, 0.4) is 0 Å². The molecule has 1 aliphatic rings. The maximum Gasteiger partial charge on any atom is 0.0474 e. The summed E-state index contributed by atoms with van der Waals surface area (Å²) in [6.45, 7) is 1.05. The minimum atomic E-state index is 0.210. The van der Waals surface area contributed by atoms with Crippen molar-refractivity contribution in [2.75, 3.05) is 6.54 Å². The average molecular weight is 211 g/mol. The Bertz CT molecular complexity index is 314. The lowest BCUT2D eigenvalue weighted by Crippen LogP contribution is -2.42. The van der Waals surface area contributed by atoms with Crippen LogP contribution in [-0.2, 0) is 0 Å². The number of benzene rings is 1. The first kappa shape index (κ1) is 9.97. The molecule has 2 atom stereocenters. The zero-order chi connectivity index (χ0) is 9.97. The fourth-order valence-corrected chi connectivity index (χ4v) is 2.18. The van der Waals surface area contributed by atoms with Crippen LogP contribution in [0.2, 0.25) is 5.02 Å². The number of hydrogen-bond acceptors (Lipinski definition) is 2. The second kappa shape index (κ2) is 4.30.